The quantitative estimate of drug-likeness (QED) is 0.326. The number of hydrogen-bond donors (Lipinski definition) is 2. The number of nitrogens with two attached hydrogens (primary N) is 2. The van der Waals surface area contributed by atoms with Gasteiger partial charge < -0.3 is 11.5 Å². The van der Waals surface area contributed by atoms with Gasteiger partial charge in [-0.3, -0.25) is 19.2 Å². The van der Waals surface area contributed by atoms with Crippen LogP contribution in [0.2, 0.25) is 0 Å². The molecule has 3 rings (SSSR count). The molecule has 0 aromatic carbocycles. The smallest absolute Gasteiger partial charge is 0.195 e. The molecule has 0 saturated carbocycles. The van der Waals surface area contributed by atoms with E-state index < -0.39 is 33.9 Å². The average molecular weight is 428 g/mol. The predicted octanol–water partition coefficient (Wildman–Crippen LogP) is 0.314. The molecule has 0 fully saturated rings. The third-order valence-corrected chi connectivity index (χ3v) is 5.02. The molecule has 0 aromatic rings. The first-order valence-electron chi connectivity index (χ1n) is 6.16. The standard InChI is InChI=1S/C14H8Br2N2O4/c15-3-1-5(17)7-9(11(3)19)14(22)10-8(13(7)21)6(18)2-4(16)12(10)20/h1-3,10H,17-18H2. The van der Waals surface area contributed by atoms with Crippen LogP contribution in [0.5, 0.6) is 0 Å². The van der Waals surface area contributed by atoms with Crippen molar-refractivity contribution >= 4 is 55.0 Å². The van der Waals surface area contributed by atoms with Gasteiger partial charge in [-0.15, -0.1) is 0 Å². The van der Waals surface area contributed by atoms with Gasteiger partial charge in [-0.25, -0.2) is 0 Å². The van der Waals surface area contributed by atoms with E-state index in [2.05, 4.69) is 31.9 Å². The number of hydrogen-bond acceptors (Lipinski definition) is 6. The van der Waals surface area contributed by atoms with Gasteiger partial charge in [-0.1, -0.05) is 15.9 Å². The zero-order chi connectivity index (χ0) is 16.3. The van der Waals surface area contributed by atoms with E-state index in [9.17, 15) is 19.2 Å². The fourth-order valence-electron chi connectivity index (χ4n) is 2.72. The highest BCUT2D eigenvalue weighted by Crippen LogP contribution is 2.40. The number of Topliss-reactive ketones (excluding diaryl/α,β-unsaturated/α-hetero) is 4. The Morgan fingerprint density at radius 2 is 1.59 bits per heavy atom. The fourth-order valence-corrected chi connectivity index (χ4v) is 3.71. The second-order valence-electron chi connectivity index (χ2n) is 4.99. The number of carbonyl (C=O) groups is 4. The zero-order valence-electron chi connectivity index (χ0n) is 10.9. The molecule has 0 spiro atoms. The summed E-state index contributed by atoms with van der Waals surface area (Å²) in [6.07, 6.45) is 2.63. The summed E-state index contributed by atoms with van der Waals surface area (Å²) in [6.45, 7) is 0. The first kappa shape index (κ1) is 15.1. The largest absolute Gasteiger partial charge is 0.398 e. The molecule has 4 N–H and O–H groups in total. The molecule has 2 unspecified atom stereocenters. The van der Waals surface area contributed by atoms with E-state index in [1.165, 1.54) is 12.2 Å². The highest BCUT2D eigenvalue weighted by Gasteiger charge is 2.50. The summed E-state index contributed by atoms with van der Waals surface area (Å²) in [5.41, 5.74) is 11.0. The average Bonchev–Trinajstić information content (AvgIpc) is 2.44. The molecule has 3 aliphatic carbocycles. The van der Waals surface area contributed by atoms with Gasteiger partial charge in [0.15, 0.2) is 23.1 Å². The van der Waals surface area contributed by atoms with Crippen LogP contribution in [0.1, 0.15) is 0 Å². The Morgan fingerprint density at radius 1 is 0.955 bits per heavy atom. The summed E-state index contributed by atoms with van der Waals surface area (Å²) in [4.78, 5) is 49.0. The van der Waals surface area contributed by atoms with Crippen LogP contribution < -0.4 is 11.5 Å². The van der Waals surface area contributed by atoms with Crippen LogP contribution >= 0.6 is 31.9 Å². The van der Waals surface area contributed by atoms with Crippen LogP contribution in [0, 0.1) is 5.92 Å². The zero-order valence-corrected chi connectivity index (χ0v) is 14.0. The summed E-state index contributed by atoms with van der Waals surface area (Å²) in [6, 6.07) is 0. The molecule has 0 saturated heterocycles. The highest BCUT2D eigenvalue weighted by molar-refractivity contribution is 9.12. The molecule has 22 heavy (non-hydrogen) atoms. The Hall–Kier alpha value is -1.80. The molecule has 0 amide bonds. The summed E-state index contributed by atoms with van der Waals surface area (Å²) in [5.74, 6) is -3.96. The Labute approximate surface area is 141 Å². The molecule has 2 atom stereocenters. The second-order valence-corrected chi connectivity index (χ2v) is 6.83. The summed E-state index contributed by atoms with van der Waals surface area (Å²) < 4.78 is 0.0890. The third kappa shape index (κ3) is 1.83. The second kappa shape index (κ2) is 4.85. The van der Waals surface area contributed by atoms with Crippen molar-refractivity contribution < 1.29 is 19.2 Å². The lowest BCUT2D eigenvalue weighted by Crippen LogP contribution is -2.45. The Bertz CT molecular complexity index is 817. The SMILES string of the molecule is NC1=CC(Br)C(=O)C2=C1C(=O)C1=C(N)C=C(Br)C(=O)C1C2=O. The lowest BCUT2D eigenvalue weighted by molar-refractivity contribution is -0.131. The fraction of sp³-hybridized carbons (Fsp3) is 0.143. The maximum atomic E-state index is 12.6. The van der Waals surface area contributed by atoms with Crippen LogP contribution in [0.25, 0.3) is 0 Å². The Balaban J connectivity index is 2.32. The van der Waals surface area contributed by atoms with Crippen molar-refractivity contribution in [2.45, 2.75) is 4.83 Å². The van der Waals surface area contributed by atoms with Gasteiger partial charge in [0.2, 0.25) is 0 Å². The minimum absolute atomic E-state index is 0.0163. The van der Waals surface area contributed by atoms with Gasteiger partial charge in [-0.05, 0) is 28.1 Å². The molecule has 0 heterocycles. The highest BCUT2D eigenvalue weighted by atomic mass is 79.9. The van der Waals surface area contributed by atoms with Crippen LogP contribution in [-0.4, -0.2) is 28.0 Å². The van der Waals surface area contributed by atoms with E-state index in [-0.39, 0.29) is 32.6 Å². The van der Waals surface area contributed by atoms with Crippen molar-refractivity contribution in [3.63, 3.8) is 0 Å². The maximum Gasteiger partial charge on any atom is 0.195 e. The third-order valence-electron chi connectivity index (χ3n) is 3.72. The molecular weight excluding hydrogens is 420 g/mol. The molecule has 0 bridgehead atoms. The van der Waals surface area contributed by atoms with E-state index in [0.717, 1.165) is 0 Å². The van der Waals surface area contributed by atoms with E-state index in [1.54, 1.807) is 0 Å². The molecule has 0 aliphatic heterocycles. The topological polar surface area (TPSA) is 120 Å². The number of rotatable bonds is 0. The van der Waals surface area contributed by atoms with Gasteiger partial charge in [0.05, 0.1) is 20.5 Å². The molecular formula is C14H8Br2N2O4. The lowest BCUT2D eigenvalue weighted by Gasteiger charge is -2.31. The van der Waals surface area contributed by atoms with Crippen molar-refractivity contribution in [3.8, 4) is 0 Å². The van der Waals surface area contributed by atoms with Crippen LogP contribution in [0.3, 0.4) is 0 Å². The monoisotopic (exact) mass is 426 g/mol. The number of allylic oxidation sites excluding steroid dienone is 6. The van der Waals surface area contributed by atoms with Crippen molar-refractivity contribution in [3.05, 3.63) is 44.7 Å². The summed E-state index contributed by atoms with van der Waals surface area (Å²) in [5, 5.41) is 0. The maximum absolute atomic E-state index is 12.6. The van der Waals surface area contributed by atoms with Gasteiger partial charge in [0.25, 0.3) is 0 Å². The normalized spacial score (nSPS) is 28.5. The Morgan fingerprint density at radius 3 is 2.23 bits per heavy atom. The van der Waals surface area contributed by atoms with Crippen molar-refractivity contribution in [2.75, 3.05) is 0 Å². The molecule has 0 radical (unpaired) electrons. The number of halogens is 2. The molecule has 6 nitrogen and oxygen atoms in total. The van der Waals surface area contributed by atoms with E-state index in [0.29, 0.717) is 0 Å². The lowest BCUT2D eigenvalue weighted by atomic mass is 9.70. The molecule has 0 aromatic heterocycles. The van der Waals surface area contributed by atoms with E-state index >= 15 is 0 Å². The van der Waals surface area contributed by atoms with Crippen LogP contribution in [-0.2, 0) is 19.2 Å². The Kier molecular flexibility index (Phi) is 3.33. The minimum Gasteiger partial charge on any atom is -0.398 e. The van der Waals surface area contributed by atoms with Gasteiger partial charge >= 0.3 is 0 Å². The van der Waals surface area contributed by atoms with Crippen LogP contribution in [0.4, 0.5) is 0 Å². The van der Waals surface area contributed by atoms with Crippen LogP contribution in [0.15, 0.2) is 44.7 Å². The van der Waals surface area contributed by atoms with E-state index in [4.69, 9.17) is 11.5 Å². The van der Waals surface area contributed by atoms with Gasteiger partial charge in [-0.2, -0.15) is 0 Å². The summed E-state index contributed by atoms with van der Waals surface area (Å²) in [7, 11) is 0. The van der Waals surface area contributed by atoms with Crippen molar-refractivity contribution in [2.24, 2.45) is 17.4 Å². The molecule has 3 aliphatic rings. The van der Waals surface area contributed by atoms with E-state index in [1.807, 2.05) is 0 Å². The van der Waals surface area contributed by atoms with Crippen molar-refractivity contribution in [1.29, 1.82) is 0 Å². The minimum atomic E-state index is -1.39. The van der Waals surface area contributed by atoms with Gasteiger partial charge in [0, 0.05) is 17.0 Å². The number of fused-ring (bicyclic) bond motifs is 1. The molecule has 112 valence electrons. The predicted molar refractivity (Wildman–Crippen MR) is 83.8 cm³/mol. The van der Waals surface area contributed by atoms with Crippen molar-refractivity contribution in [1.82, 2.24) is 0 Å². The first-order valence-corrected chi connectivity index (χ1v) is 7.86. The number of ketones is 4. The number of alkyl halides is 1. The molecule has 8 heteroatoms. The van der Waals surface area contributed by atoms with Gasteiger partial charge in [0.1, 0.15) is 5.92 Å². The summed E-state index contributed by atoms with van der Waals surface area (Å²) >= 11 is 6.10. The number of carbonyl (C=O) groups excluding carboxylic acids is 4. The first-order chi connectivity index (χ1) is 10.3.